The molecule has 0 spiro atoms. The van der Waals surface area contributed by atoms with Crippen molar-refractivity contribution in [1.82, 2.24) is 5.32 Å². The summed E-state index contributed by atoms with van der Waals surface area (Å²) in [5.41, 5.74) is 0. The molecule has 9 nitrogen and oxygen atoms in total. The van der Waals surface area contributed by atoms with Crippen LogP contribution >= 0.6 is 7.82 Å². The van der Waals surface area contributed by atoms with Gasteiger partial charge in [-0.2, -0.15) is 0 Å². The van der Waals surface area contributed by atoms with Gasteiger partial charge in [-0.3, -0.25) is 18.6 Å². The van der Waals surface area contributed by atoms with Crippen LogP contribution < -0.4 is 5.32 Å². The summed E-state index contributed by atoms with van der Waals surface area (Å²) < 4.78 is 30.7. The molecule has 0 saturated carbocycles. The first-order chi connectivity index (χ1) is 36.4. The number of nitrogens with one attached hydrogen (secondary N) is 1. The molecule has 0 aromatic carbocycles. The second-order valence-corrected chi connectivity index (χ2v) is 23.7. The second kappa shape index (κ2) is 54.8. The molecule has 0 aliphatic heterocycles. The van der Waals surface area contributed by atoms with Crippen molar-refractivity contribution in [1.29, 1.82) is 0 Å². The molecule has 0 aliphatic rings. The molecule has 75 heavy (non-hydrogen) atoms. The van der Waals surface area contributed by atoms with Crippen LogP contribution in [0.5, 0.6) is 0 Å². The monoisotopic (exact) mass is 1070 g/mol. The van der Waals surface area contributed by atoms with Crippen LogP contribution in [0.15, 0.2) is 72.9 Å². The van der Waals surface area contributed by atoms with E-state index in [0.717, 1.165) is 77.0 Å². The topological polar surface area (TPSA) is 111 Å². The Morgan fingerprint density at radius 1 is 0.480 bits per heavy atom. The van der Waals surface area contributed by atoms with Crippen molar-refractivity contribution in [2.24, 2.45) is 0 Å². The summed E-state index contributed by atoms with van der Waals surface area (Å²) in [6.07, 6.45) is 70.5. The zero-order valence-electron chi connectivity index (χ0n) is 49.8. The molecule has 2 N–H and O–H groups in total. The first kappa shape index (κ1) is 72.5. The van der Waals surface area contributed by atoms with Gasteiger partial charge in [-0.25, -0.2) is 4.57 Å². The van der Waals surface area contributed by atoms with Gasteiger partial charge in [0.1, 0.15) is 19.3 Å². The second-order valence-electron chi connectivity index (χ2n) is 22.2. The summed E-state index contributed by atoms with van der Waals surface area (Å²) in [6.45, 7) is 6.88. The van der Waals surface area contributed by atoms with Crippen molar-refractivity contribution < 1.29 is 37.3 Å². The van der Waals surface area contributed by atoms with Crippen LogP contribution in [0.3, 0.4) is 0 Å². The molecule has 1 amide bonds. The van der Waals surface area contributed by atoms with Gasteiger partial charge in [0.15, 0.2) is 0 Å². The number of hydrogen-bond acceptors (Lipinski definition) is 6. The molecule has 0 rings (SSSR count). The lowest BCUT2D eigenvalue weighted by Gasteiger charge is -2.27. The average molecular weight is 1070 g/mol. The number of unbranched alkanes of at least 4 members (excludes halogenated alkanes) is 30. The minimum absolute atomic E-state index is 0.0306. The van der Waals surface area contributed by atoms with E-state index < -0.39 is 20.0 Å². The van der Waals surface area contributed by atoms with Crippen molar-refractivity contribution in [3.63, 3.8) is 0 Å². The van der Waals surface area contributed by atoms with E-state index in [0.29, 0.717) is 23.9 Å². The van der Waals surface area contributed by atoms with Gasteiger partial charge in [0.25, 0.3) is 0 Å². The van der Waals surface area contributed by atoms with Gasteiger partial charge in [0.05, 0.1) is 33.8 Å². The highest BCUT2D eigenvalue weighted by atomic mass is 31.2. The number of nitrogens with zero attached hydrogens (tertiary/aromatic N) is 1. The zero-order chi connectivity index (χ0) is 55.0. The summed E-state index contributed by atoms with van der Waals surface area (Å²) in [7, 11) is 1.47. The molecule has 0 heterocycles. The Labute approximate surface area is 463 Å². The first-order valence-electron chi connectivity index (χ1n) is 31.3. The van der Waals surface area contributed by atoms with Gasteiger partial charge < -0.3 is 19.4 Å². The molecule has 10 heteroatoms. The number of hydrogen-bond donors (Lipinski definition) is 2. The Kier molecular flexibility index (Phi) is 52.9. The number of carbonyl (C=O) groups is 2. The SMILES string of the molecule is CC/C=C\C/C=C\C/C=C\C/C=C\C/C=C\CCCC(=O)OC(/C=C/CCCCCCCCCCCCC)C(COP(=O)(O)OCC[N+](C)(C)C)NC(=O)CCCCCCCCCCCCCCCCCCCCC. The number of phosphoric acid groups is 1. The van der Waals surface area contributed by atoms with E-state index in [-0.39, 0.29) is 31.5 Å². The summed E-state index contributed by atoms with van der Waals surface area (Å²) in [6, 6.07) is -0.871. The highest BCUT2D eigenvalue weighted by molar-refractivity contribution is 7.47. The Morgan fingerprint density at radius 2 is 0.867 bits per heavy atom. The van der Waals surface area contributed by atoms with E-state index in [9.17, 15) is 19.0 Å². The van der Waals surface area contributed by atoms with Crippen LogP contribution in [0.2, 0.25) is 0 Å². The fourth-order valence-corrected chi connectivity index (χ4v) is 9.60. The van der Waals surface area contributed by atoms with Crippen molar-refractivity contribution >= 4 is 19.7 Å². The number of esters is 1. The highest BCUT2D eigenvalue weighted by Gasteiger charge is 2.30. The number of rotatable bonds is 56. The van der Waals surface area contributed by atoms with Crippen molar-refractivity contribution in [3.8, 4) is 0 Å². The molecule has 0 bridgehead atoms. The Morgan fingerprint density at radius 3 is 1.29 bits per heavy atom. The molecule has 0 fully saturated rings. The average Bonchev–Trinajstić information content (AvgIpc) is 3.37. The Bertz CT molecular complexity index is 1510. The molecule has 0 aromatic heterocycles. The summed E-state index contributed by atoms with van der Waals surface area (Å²) in [4.78, 5) is 37.7. The van der Waals surface area contributed by atoms with Crippen molar-refractivity contribution in [2.75, 3.05) is 40.9 Å². The Balaban J connectivity index is 5.34. The maximum Gasteiger partial charge on any atom is 0.472 e. The van der Waals surface area contributed by atoms with Crippen LogP contribution in [-0.2, 0) is 27.9 Å². The highest BCUT2D eigenvalue weighted by Crippen LogP contribution is 2.43. The minimum atomic E-state index is -4.46. The van der Waals surface area contributed by atoms with Gasteiger partial charge in [-0.15, -0.1) is 0 Å². The molecular weight excluding hydrogens is 952 g/mol. The lowest BCUT2D eigenvalue weighted by Crippen LogP contribution is -2.47. The third-order valence-corrected chi connectivity index (χ3v) is 14.6. The normalized spacial score (nSPS) is 14.2. The van der Waals surface area contributed by atoms with Crippen LogP contribution in [0, 0.1) is 0 Å². The fraction of sp³-hybridized carbons (Fsp3) is 0.785. The predicted octanol–water partition coefficient (Wildman–Crippen LogP) is 19.2. The number of allylic oxidation sites excluding steroid dienone is 11. The third kappa shape index (κ3) is 56.0. The number of carbonyl (C=O) groups excluding carboxylic acids is 2. The van der Waals surface area contributed by atoms with E-state index in [4.69, 9.17) is 13.8 Å². The van der Waals surface area contributed by atoms with Gasteiger partial charge in [-0.05, 0) is 70.3 Å². The van der Waals surface area contributed by atoms with Crippen molar-refractivity contribution in [2.45, 2.75) is 290 Å². The quantitative estimate of drug-likeness (QED) is 0.0205. The predicted molar refractivity (Wildman–Crippen MR) is 323 cm³/mol. The minimum Gasteiger partial charge on any atom is -0.456 e. The molecule has 3 unspecified atom stereocenters. The molecule has 3 atom stereocenters. The number of amides is 1. The third-order valence-electron chi connectivity index (χ3n) is 13.7. The maximum atomic E-state index is 13.6. The standard InChI is InChI=1S/C65H119N2O7P/c1-7-10-13-16-19-22-25-28-30-32-33-35-36-39-42-45-48-51-54-57-64(68)66-62(61-73-75(70,71)72-60-59-67(4,5)6)63(56-53-50-47-44-41-38-27-24-21-18-15-12-9-3)74-65(69)58-55-52-49-46-43-40-37-34-31-29-26-23-20-17-14-11-8-2/h11,14,20,23,29,31,37,40,46,49,53,56,62-63H,7-10,12-13,15-19,21-22,24-28,30,32-36,38-39,41-45,47-48,50-52,54-55,57-61H2,1-6H3,(H-,66,68,70,71)/p+1/b14-11-,23-20-,31-29-,40-37-,49-46-,56-53+. The molecule has 436 valence electrons. The van der Waals surface area contributed by atoms with Gasteiger partial charge in [-0.1, -0.05) is 267 Å². The smallest absolute Gasteiger partial charge is 0.456 e. The number of ether oxygens (including phenoxy) is 1. The zero-order valence-corrected chi connectivity index (χ0v) is 50.7. The van der Waals surface area contributed by atoms with Crippen LogP contribution in [0.4, 0.5) is 0 Å². The first-order valence-corrected chi connectivity index (χ1v) is 32.8. The summed E-state index contributed by atoms with van der Waals surface area (Å²) in [5.74, 6) is -0.566. The van der Waals surface area contributed by atoms with Gasteiger partial charge >= 0.3 is 13.8 Å². The van der Waals surface area contributed by atoms with E-state index in [1.165, 1.54) is 161 Å². The lowest BCUT2D eigenvalue weighted by molar-refractivity contribution is -0.870. The number of quaternary nitrogens is 1. The van der Waals surface area contributed by atoms with Gasteiger partial charge in [0, 0.05) is 12.8 Å². The van der Waals surface area contributed by atoms with E-state index >= 15 is 0 Å². The number of phosphoric ester groups is 1. The Hall–Kier alpha value is -2.55. The fourth-order valence-electron chi connectivity index (χ4n) is 8.86. The number of likely N-dealkylation sites (N-methyl/N-ethyl adjacent to an activating group) is 1. The van der Waals surface area contributed by atoms with Crippen LogP contribution in [0.1, 0.15) is 278 Å². The maximum absolute atomic E-state index is 13.6. The molecule has 0 saturated heterocycles. The van der Waals surface area contributed by atoms with Crippen molar-refractivity contribution in [3.05, 3.63) is 72.9 Å². The van der Waals surface area contributed by atoms with Crippen LogP contribution in [0.25, 0.3) is 0 Å². The van der Waals surface area contributed by atoms with Gasteiger partial charge in [0.2, 0.25) is 5.91 Å². The van der Waals surface area contributed by atoms with E-state index in [1.807, 2.05) is 33.3 Å². The molecule has 0 aliphatic carbocycles. The van der Waals surface area contributed by atoms with E-state index in [2.05, 4.69) is 86.8 Å². The van der Waals surface area contributed by atoms with E-state index in [1.54, 1.807) is 0 Å². The molecule has 0 aromatic rings. The lowest BCUT2D eigenvalue weighted by atomic mass is 10.0. The molecular formula is C65H120N2O7P+. The molecule has 0 radical (unpaired) electrons. The largest absolute Gasteiger partial charge is 0.472 e. The summed E-state index contributed by atoms with van der Waals surface area (Å²) >= 11 is 0. The summed E-state index contributed by atoms with van der Waals surface area (Å²) in [5, 5.41) is 3.05. The van der Waals surface area contributed by atoms with Crippen LogP contribution in [-0.4, -0.2) is 74.3 Å².